The molecule has 1 atom stereocenters. The summed E-state index contributed by atoms with van der Waals surface area (Å²) in [6, 6.07) is 3.37. The van der Waals surface area contributed by atoms with E-state index in [1.807, 2.05) is 40.7 Å². The Bertz CT molecular complexity index is 567. The lowest BCUT2D eigenvalue weighted by molar-refractivity contribution is 0.281. The van der Waals surface area contributed by atoms with Crippen LogP contribution in [0.3, 0.4) is 0 Å². The summed E-state index contributed by atoms with van der Waals surface area (Å²) in [4.78, 5) is 0.309. The molecule has 0 spiro atoms. The molecule has 0 aromatic heterocycles. The fourth-order valence-electron chi connectivity index (χ4n) is 2.31. The van der Waals surface area contributed by atoms with Gasteiger partial charge in [0.25, 0.3) is 0 Å². The van der Waals surface area contributed by atoms with Crippen molar-refractivity contribution in [1.29, 1.82) is 0 Å². The summed E-state index contributed by atoms with van der Waals surface area (Å²) >= 11 is 0. The third-order valence-corrected chi connectivity index (χ3v) is 6.06. The summed E-state index contributed by atoms with van der Waals surface area (Å²) in [5.74, 6) is 0. The van der Waals surface area contributed by atoms with Crippen molar-refractivity contribution < 1.29 is 13.5 Å². The zero-order valence-corrected chi connectivity index (χ0v) is 13.8. The van der Waals surface area contributed by atoms with Crippen molar-refractivity contribution in [3.63, 3.8) is 0 Å². The van der Waals surface area contributed by atoms with Gasteiger partial charge in [0.2, 0.25) is 10.0 Å². The van der Waals surface area contributed by atoms with Gasteiger partial charge >= 0.3 is 0 Å². The second-order valence-corrected chi connectivity index (χ2v) is 7.02. The highest BCUT2D eigenvalue weighted by Crippen LogP contribution is 2.26. The molecule has 0 bridgehead atoms. The largest absolute Gasteiger partial charge is 0.392 e. The maximum absolute atomic E-state index is 12.8. The minimum atomic E-state index is -3.53. The Morgan fingerprint density at radius 2 is 1.85 bits per heavy atom. The summed E-state index contributed by atoms with van der Waals surface area (Å²) in [5.41, 5.74) is 2.27. The normalized spacial score (nSPS) is 13.8. The van der Waals surface area contributed by atoms with Gasteiger partial charge in [-0.25, -0.2) is 8.42 Å². The molecule has 0 radical (unpaired) electrons. The lowest BCUT2D eigenvalue weighted by Crippen LogP contribution is -2.38. The van der Waals surface area contributed by atoms with E-state index in [1.54, 1.807) is 6.07 Å². The molecule has 1 N–H and O–H groups in total. The lowest BCUT2D eigenvalue weighted by Gasteiger charge is -2.27. The molecule has 0 aliphatic heterocycles. The standard InChI is InChI=1S/C15H25NO3S/c1-6-12(4)16(7-2)20(18,19)15-9-14(10-17)8-11(3)13(15)5/h8-9,12,17H,6-7,10H2,1-5H3. The molecule has 114 valence electrons. The van der Waals surface area contributed by atoms with E-state index in [4.69, 9.17) is 0 Å². The lowest BCUT2D eigenvalue weighted by atomic mass is 10.1. The second kappa shape index (κ2) is 6.70. The first kappa shape index (κ1) is 17.1. The Morgan fingerprint density at radius 3 is 2.30 bits per heavy atom. The van der Waals surface area contributed by atoms with Crippen LogP contribution in [0.4, 0.5) is 0 Å². The quantitative estimate of drug-likeness (QED) is 0.878. The van der Waals surface area contributed by atoms with E-state index >= 15 is 0 Å². The molecule has 20 heavy (non-hydrogen) atoms. The highest BCUT2D eigenvalue weighted by Gasteiger charge is 2.28. The van der Waals surface area contributed by atoms with Crippen LogP contribution in [0.5, 0.6) is 0 Å². The maximum atomic E-state index is 12.8. The third-order valence-electron chi connectivity index (χ3n) is 3.84. The molecule has 0 aliphatic carbocycles. The third kappa shape index (κ3) is 3.22. The zero-order chi connectivity index (χ0) is 15.5. The van der Waals surface area contributed by atoms with Crippen molar-refractivity contribution in [3.05, 3.63) is 28.8 Å². The summed E-state index contributed by atoms with van der Waals surface area (Å²) < 4.78 is 27.2. The minimum absolute atomic E-state index is 0.0394. The van der Waals surface area contributed by atoms with E-state index in [9.17, 15) is 13.5 Å². The van der Waals surface area contributed by atoms with Crippen molar-refractivity contribution in [1.82, 2.24) is 4.31 Å². The number of nitrogens with zero attached hydrogens (tertiary/aromatic N) is 1. The summed E-state index contributed by atoms with van der Waals surface area (Å²) in [7, 11) is -3.53. The van der Waals surface area contributed by atoms with E-state index in [0.29, 0.717) is 17.0 Å². The van der Waals surface area contributed by atoms with Gasteiger partial charge in [-0.15, -0.1) is 0 Å². The van der Waals surface area contributed by atoms with E-state index in [0.717, 1.165) is 17.5 Å². The molecule has 4 nitrogen and oxygen atoms in total. The number of aliphatic hydroxyl groups is 1. The van der Waals surface area contributed by atoms with Crippen molar-refractivity contribution in [2.75, 3.05) is 6.54 Å². The van der Waals surface area contributed by atoms with Crippen LogP contribution in [0.2, 0.25) is 0 Å². The number of rotatable bonds is 6. The predicted octanol–water partition coefficient (Wildman–Crippen LogP) is 2.60. The van der Waals surface area contributed by atoms with Crippen molar-refractivity contribution in [2.24, 2.45) is 0 Å². The van der Waals surface area contributed by atoms with Gasteiger partial charge < -0.3 is 5.11 Å². The molecular formula is C15H25NO3S. The van der Waals surface area contributed by atoms with E-state index in [2.05, 4.69) is 0 Å². The molecule has 5 heteroatoms. The molecule has 0 saturated carbocycles. The van der Waals surface area contributed by atoms with Crippen LogP contribution < -0.4 is 0 Å². The van der Waals surface area contributed by atoms with Crippen molar-refractivity contribution in [2.45, 2.75) is 58.6 Å². The molecular weight excluding hydrogens is 274 g/mol. The van der Waals surface area contributed by atoms with E-state index in [1.165, 1.54) is 4.31 Å². The number of hydrogen-bond donors (Lipinski definition) is 1. The average Bonchev–Trinajstić information content (AvgIpc) is 2.41. The highest BCUT2D eigenvalue weighted by molar-refractivity contribution is 7.89. The fourth-order valence-corrected chi connectivity index (χ4v) is 4.37. The number of sulfonamides is 1. The van der Waals surface area contributed by atoms with Crippen LogP contribution >= 0.6 is 0 Å². The number of aliphatic hydroxyl groups excluding tert-OH is 1. The fraction of sp³-hybridized carbons (Fsp3) is 0.600. The first-order chi connectivity index (χ1) is 9.29. The van der Waals surface area contributed by atoms with E-state index in [-0.39, 0.29) is 12.6 Å². The molecule has 0 heterocycles. The van der Waals surface area contributed by atoms with Gasteiger partial charge in [-0.1, -0.05) is 19.9 Å². The summed E-state index contributed by atoms with van der Waals surface area (Å²) in [6.45, 7) is 9.71. The first-order valence-electron chi connectivity index (χ1n) is 7.02. The molecule has 1 aromatic carbocycles. The topological polar surface area (TPSA) is 57.6 Å². The summed E-state index contributed by atoms with van der Waals surface area (Å²) in [5, 5.41) is 9.29. The Labute approximate surface area is 122 Å². The monoisotopic (exact) mass is 299 g/mol. The van der Waals surface area contributed by atoms with E-state index < -0.39 is 10.0 Å². The van der Waals surface area contributed by atoms with Crippen LogP contribution in [0.15, 0.2) is 17.0 Å². The van der Waals surface area contributed by atoms with Crippen molar-refractivity contribution >= 4 is 10.0 Å². The molecule has 0 fully saturated rings. The minimum Gasteiger partial charge on any atom is -0.392 e. The van der Waals surface area contributed by atoms with Gasteiger partial charge in [0, 0.05) is 12.6 Å². The number of aryl methyl sites for hydroxylation is 1. The van der Waals surface area contributed by atoms with Gasteiger partial charge in [-0.2, -0.15) is 4.31 Å². The number of benzene rings is 1. The highest BCUT2D eigenvalue weighted by atomic mass is 32.2. The first-order valence-corrected chi connectivity index (χ1v) is 8.46. The molecule has 0 aliphatic rings. The Kier molecular flexibility index (Phi) is 5.74. The van der Waals surface area contributed by atoms with Crippen LogP contribution in [-0.4, -0.2) is 30.4 Å². The second-order valence-electron chi connectivity index (χ2n) is 5.16. The van der Waals surface area contributed by atoms with Gasteiger partial charge in [0.15, 0.2) is 0 Å². The predicted molar refractivity (Wildman–Crippen MR) is 81.2 cm³/mol. The Balaban J connectivity index is 3.45. The summed E-state index contributed by atoms with van der Waals surface area (Å²) in [6.07, 6.45) is 0.769. The molecule has 0 amide bonds. The number of hydrogen-bond acceptors (Lipinski definition) is 3. The van der Waals surface area contributed by atoms with Gasteiger partial charge in [-0.05, 0) is 49.9 Å². The molecule has 1 aromatic rings. The average molecular weight is 299 g/mol. The van der Waals surface area contributed by atoms with Crippen LogP contribution in [0.1, 0.15) is 43.9 Å². The van der Waals surface area contributed by atoms with Gasteiger partial charge in [0.1, 0.15) is 0 Å². The van der Waals surface area contributed by atoms with Crippen LogP contribution in [0, 0.1) is 13.8 Å². The Morgan fingerprint density at radius 1 is 1.25 bits per heavy atom. The molecule has 1 unspecified atom stereocenters. The van der Waals surface area contributed by atoms with Gasteiger partial charge in [-0.3, -0.25) is 0 Å². The Hall–Kier alpha value is -0.910. The molecule has 1 rings (SSSR count). The van der Waals surface area contributed by atoms with Crippen LogP contribution in [-0.2, 0) is 16.6 Å². The van der Waals surface area contributed by atoms with Gasteiger partial charge in [0.05, 0.1) is 11.5 Å². The smallest absolute Gasteiger partial charge is 0.243 e. The van der Waals surface area contributed by atoms with Crippen molar-refractivity contribution in [3.8, 4) is 0 Å². The maximum Gasteiger partial charge on any atom is 0.243 e. The SMILES string of the molecule is CCC(C)N(CC)S(=O)(=O)c1cc(CO)cc(C)c1C. The van der Waals surface area contributed by atoms with Crippen LogP contribution in [0.25, 0.3) is 0 Å². The molecule has 0 saturated heterocycles. The zero-order valence-electron chi connectivity index (χ0n) is 13.0.